The van der Waals surface area contributed by atoms with E-state index in [9.17, 15) is 4.79 Å². The molecule has 2 fully saturated rings. The Bertz CT molecular complexity index is 1400. The van der Waals surface area contributed by atoms with Gasteiger partial charge < -0.3 is 19.5 Å². The first-order valence-corrected chi connectivity index (χ1v) is 15.7. The average Bonchev–Trinajstić information content (AvgIpc) is 3.59. The van der Waals surface area contributed by atoms with Gasteiger partial charge in [0.05, 0.1) is 36.4 Å². The van der Waals surface area contributed by atoms with E-state index in [1.54, 1.807) is 7.11 Å². The number of benzene rings is 2. The molecule has 1 atom stereocenters. The summed E-state index contributed by atoms with van der Waals surface area (Å²) >= 11 is 3.62. The van der Waals surface area contributed by atoms with Gasteiger partial charge in [-0.15, -0.1) is 0 Å². The van der Waals surface area contributed by atoms with Gasteiger partial charge in [-0.1, -0.05) is 31.7 Å². The molecule has 8 heteroatoms. The van der Waals surface area contributed by atoms with Crippen LogP contribution in [0.2, 0.25) is 0 Å². The van der Waals surface area contributed by atoms with Gasteiger partial charge in [0, 0.05) is 23.6 Å². The number of hydrogen-bond donors (Lipinski definition) is 1. The predicted molar refractivity (Wildman–Crippen MR) is 161 cm³/mol. The molecule has 3 aromatic rings. The van der Waals surface area contributed by atoms with E-state index in [4.69, 9.17) is 19.2 Å². The van der Waals surface area contributed by atoms with Gasteiger partial charge in [-0.25, -0.2) is 0 Å². The molecule has 1 N–H and O–H groups in total. The van der Waals surface area contributed by atoms with Crippen molar-refractivity contribution in [1.29, 1.82) is 0 Å². The minimum Gasteiger partial charge on any atom is -0.491 e. The van der Waals surface area contributed by atoms with Crippen molar-refractivity contribution < 1.29 is 14.2 Å². The number of nitrogens with zero attached hydrogens (tertiary/aromatic N) is 2. The summed E-state index contributed by atoms with van der Waals surface area (Å²) in [6.07, 6.45) is 9.70. The molecule has 6 rings (SSSR count). The van der Waals surface area contributed by atoms with Crippen LogP contribution in [-0.2, 0) is 9.47 Å². The zero-order valence-electron chi connectivity index (χ0n) is 23.4. The molecule has 1 aromatic heterocycles. The van der Waals surface area contributed by atoms with Gasteiger partial charge in [0.1, 0.15) is 18.2 Å². The molecule has 3 aliphatic rings. The Morgan fingerprint density at radius 2 is 1.80 bits per heavy atom. The highest BCUT2D eigenvalue weighted by atomic mass is 79.9. The molecule has 3 heterocycles. The normalized spacial score (nSPS) is 19.3. The number of aromatic nitrogens is 2. The van der Waals surface area contributed by atoms with Crippen LogP contribution in [-0.4, -0.2) is 56.2 Å². The Balaban J connectivity index is 1.43. The summed E-state index contributed by atoms with van der Waals surface area (Å²) in [6, 6.07) is 10.6. The molecule has 0 bridgehead atoms. The fourth-order valence-corrected chi connectivity index (χ4v) is 7.49. The molecule has 214 valence electrons. The SMILES string of the molecule is COCCOCCOc1cc2c(cc1C1CCNCC1)C(CCC1CCCC1)c1nc(=O)c3c(Br)cccc3n1-2. The average molecular weight is 611 g/mol. The Labute approximate surface area is 244 Å². The van der Waals surface area contributed by atoms with E-state index >= 15 is 0 Å². The summed E-state index contributed by atoms with van der Waals surface area (Å²) in [4.78, 5) is 18.1. The molecule has 1 aliphatic carbocycles. The summed E-state index contributed by atoms with van der Waals surface area (Å²) in [5.74, 6) is 3.13. The molecule has 1 unspecified atom stereocenters. The number of piperidine rings is 1. The Morgan fingerprint density at radius 1 is 1.00 bits per heavy atom. The summed E-state index contributed by atoms with van der Waals surface area (Å²) in [7, 11) is 1.68. The van der Waals surface area contributed by atoms with Crippen molar-refractivity contribution in [2.45, 2.75) is 63.2 Å². The summed E-state index contributed by atoms with van der Waals surface area (Å²) in [5, 5.41) is 4.14. The first kappa shape index (κ1) is 27.9. The van der Waals surface area contributed by atoms with Crippen LogP contribution in [0, 0.1) is 5.92 Å². The number of hydrogen-bond acceptors (Lipinski definition) is 6. The molecule has 0 spiro atoms. The number of halogens is 1. The number of nitrogens with one attached hydrogen (secondary N) is 1. The van der Waals surface area contributed by atoms with Crippen LogP contribution >= 0.6 is 15.9 Å². The fraction of sp³-hybridized carbons (Fsp3) is 0.562. The van der Waals surface area contributed by atoms with Gasteiger partial charge in [0.15, 0.2) is 0 Å². The highest BCUT2D eigenvalue weighted by Crippen LogP contribution is 2.47. The second-order valence-corrected chi connectivity index (χ2v) is 12.3. The lowest BCUT2D eigenvalue weighted by Crippen LogP contribution is -2.27. The number of methoxy groups -OCH3 is 1. The van der Waals surface area contributed by atoms with Crippen LogP contribution in [0.1, 0.15) is 80.2 Å². The first-order valence-electron chi connectivity index (χ1n) is 14.9. The van der Waals surface area contributed by atoms with Crippen LogP contribution in [0.3, 0.4) is 0 Å². The first-order chi connectivity index (χ1) is 19.7. The monoisotopic (exact) mass is 609 g/mol. The maximum Gasteiger partial charge on any atom is 0.281 e. The second kappa shape index (κ2) is 12.7. The third kappa shape index (κ3) is 5.60. The molecule has 1 saturated heterocycles. The molecular formula is C32H40BrN3O4. The van der Waals surface area contributed by atoms with E-state index in [-0.39, 0.29) is 11.5 Å². The predicted octanol–water partition coefficient (Wildman–Crippen LogP) is 6.07. The van der Waals surface area contributed by atoms with Crippen molar-refractivity contribution in [2.75, 3.05) is 46.6 Å². The van der Waals surface area contributed by atoms with E-state index in [1.807, 2.05) is 18.2 Å². The standard InChI is InChI=1S/C32H40BrN3O4/c1-38-15-16-39-17-18-40-29-20-28-25(19-24(29)22-11-13-34-14-12-22)23(10-9-21-5-2-3-6-21)31-35-32(37)30-26(33)7-4-8-27(30)36(28)31/h4,7-8,19-23,34H,2-3,5-6,9-18H2,1H3. The van der Waals surface area contributed by atoms with Crippen molar-refractivity contribution in [1.82, 2.24) is 14.9 Å². The van der Waals surface area contributed by atoms with Crippen molar-refractivity contribution in [2.24, 2.45) is 5.92 Å². The summed E-state index contributed by atoms with van der Waals surface area (Å²) in [6.45, 7) is 4.15. The van der Waals surface area contributed by atoms with E-state index in [2.05, 4.69) is 37.9 Å². The molecule has 40 heavy (non-hydrogen) atoms. The van der Waals surface area contributed by atoms with Gasteiger partial charge in [0.25, 0.3) is 5.56 Å². The molecule has 0 amide bonds. The molecule has 1 saturated carbocycles. The minimum absolute atomic E-state index is 0.110. The molecule has 0 radical (unpaired) electrons. The molecule has 2 aromatic carbocycles. The molecular weight excluding hydrogens is 570 g/mol. The van der Waals surface area contributed by atoms with Crippen molar-refractivity contribution in [3.05, 3.63) is 62.1 Å². The van der Waals surface area contributed by atoms with Crippen molar-refractivity contribution in [3.8, 4) is 11.4 Å². The Hall–Kier alpha value is -2.26. The smallest absolute Gasteiger partial charge is 0.281 e. The van der Waals surface area contributed by atoms with E-state index in [0.717, 1.165) is 65.5 Å². The zero-order chi connectivity index (χ0) is 27.5. The lowest BCUT2D eigenvalue weighted by Gasteiger charge is -2.26. The lowest BCUT2D eigenvalue weighted by atomic mass is 9.84. The summed E-state index contributed by atoms with van der Waals surface area (Å²) < 4.78 is 20.3. The number of fused-ring (bicyclic) bond motifs is 5. The highest BCUT2D eigenvalue weighted by Gasteiger charge is 2.35. The zero-order valence-corrected chi connectivity index (χ0v) is 25.0. The molecule has 2 aliphatic heterocycles. The summed E-state index contributed by atoms with van der Waals surface area (Å²) in [5.41, 5.74) is 4.40. The molecule has 7 nitrogen and oxygen atoms in total. The van der Waals surface area contributed by atoms with Crippen LogP contribution in [0.25, 0.3) is 16.6 Å². The van der Waals surface area contributed by atoms with Gasteiger partial charge in [-0.3, -0.25) is 9.36 Å². The third-order valence-corrected chi connectivity index (χ3v) is 9.67. The van der Waals surface area contributed by atoms with Crippen molar-refractivity contribution in [3.63, 3.8) is 0 Å². The van der Waals surface area contributed by atoms with Gasteiger partial charge in [0.2, 0.25) is 0 Å². The van der Waals surface area contributed by atoms with E-state index in [0.29, 0.717) is 37.7 Å². The lowest BCUT2D eigenvalue weighted by molar-refractivity contribution is 0.0542. The second-order valence-electron chi connectivity index (χ2n) is 11.5. The topological polar surface area (TPSA) is 74.6 Å². The number of ether oxygens (including phenoxy) is 3. The van der Waals surface area contributed by atoms with Crippen LogP contribution in [0.15, 0.2) is 39.6 Å². The maximum atomic E-state index is 13.3. The quantitative estimate of drug-likeness (QED) is 0.266. The van der Waals surface area contributed by atoms with Gasteiger partial charge >= 0.3 is 0 Å². The van der Waals surface area contributed by atoms with Crippen LogP contribution in [0.5, 0.6) is 5.75 Å². The number of rotatable bonds is 11. The maximum absolute atomic E-state index is 13.3. The minimum atomic E-state index is -0.157. The highest BCUT2D eigenvalue weighted by molar-refractivity contribution is 9.10. The van der Waals surface area contributed by atoms with E-state index < -0.39 is 0 Å². The fourth-order valence-electron chi connectivity index (χ4n) is 6.96. The van der Waals surface area contributed by atoms with E-state index in [1.165, 1.54) is 43.2 Å². The van der Waals surface area contributed by atoms with Gasteiger partial charge in [-0.2, -0.15) is 4.98 Å². The van der Waals surface area contributed by atoms with Crippen LogP contribution in [0.4, 0.5) is 0 Å². The Morgan fingerprint density at radius 3 is 2.60 bits per heavy atom. The van der Waals surface area contributed by atoms with Crippen molar-refractivity contribution >= 4 is 26.8 Å². The Kier molecular flexibility index (Phi) is 8.87. The van der Waals surface area contributed by atoms with Crippen LogP contribution < -0.4 is 15.6 Å². The largest absolute Gasteiger partial charge is 0.491 e. The van der Waals surface area contributed by atoms with Gasteiger partial charge in [-0.05, 0) is 95.9 Å². The third-order valence-electron chi connectivity index (χ3n) is 9.01.